The number of rotatable bonds is 17. The van der Waals surface area contributed by atoms with Gasteiger partial charge in [0.25, 0.3) is 0 Å². The molecular formula is C44H39N3O12. The van der Waals surface area contributed by atoms with Crippen molar-refractivity contribution in [1.29, 1.82) is 0 Å². The summed E-state index contributed by atoms with van der Waals surface area (Å²) in [6.45, 7) is 0. The summed E-state index contributed by atoms with van der Waals surface area (Å²) in [6.07, 6.45) is 0.0406. The molecule has 302 valence electrons. The molecule has 6 N–H and O–H groups in total. The minimum Gasteiger partial charge on any atom is -0.480 e. The molecule has 0 aliphatic heterocycles. The van der Waals surface area contributed by atoms with Crippen LogP contribution in [-0.4, -0.2) is 69.6 Å². The van der Waals surface area contributed by atoms with Gasteiger partial charge in [-0.05, 0) is 52.1 Å². The number of carbonyl (C=O) groups is 6. The van der Waals surface area contributed by atoms with Crippen LogP contribution in [0.1, 0.15) is 27.8 Å². The van der Waals surface area contributed by atoms with Gasteiger partial charge < -0.3 is 45.5 Å². The molecule has 0 saturated carbocycles. The van der Waals surface area contributed by atoms with E-state index in [0.717, 1.165) is 5.56 Å². The number of carboxylic acid groups (broad SMARTS) is 3. The Bertz CT molecular complexity index is 2170. The van der Waals surface area contributed by atoms with E-state index in [-0.39, 0.29) is 36.5 Å². The molecule has 3 unspecified atom stereocenters. The molecule has 3 atom stereocenters. The summed E-state index contributed by atoms with van der Waals surface area (Å²) >= 11 is 0. The van der Waals surface area contributed by atoms with Gasteiger partial charge in [0, 0.05) is 25.3 Å². The molecule has 5 rings (SSSR count). The van der Waals surface area contributed by atoms with Gasteiger partial charge in [0.15, 0.2) is 0 Å². The Morgan fingerprint density at radius 1 is 0.424 bits per heavy atom. The third-order valence-electron chi connectivity index (χ3n) is 8.50. The van der Waals surface area contributed by atoms with Crippen LogP contribution in [0.2, 0.25) is 0 Å². The van der Waals surface area contributed by atoms with Crippen molar-refractivity contribution in [3.05, 3.63) is 161 Å². The molecule has 0 radical (unpaired) electrons. The number of carboxylic acids is 3. The molecule has 0 aromatic heterocycles. The molecule has 59 heavy (non-hydrogen) atoms. The zero-order valence-corrected chi connectivity index (χ0v) is 31.2. The van der Waals surface area contributed by atoms with Crippen molar-refractivity contribution in [3.63, 3.8) is 0 Å². The van der Waals surface area contributed by atoms with E-state index in [0.29, 0.717) is 22.3 Å². The van der Waals surface area contributed by atoms with Gasteiger partial charge in [0.1, 0.15) is 35.4 Å². The van der Waals surface area contributed by atoms with Crippen LogP contribution in [0.3, 0.4) is 0 Å². The molecule has 5 aromatic carbocycles. The van der Waals surface area contributed by atoms with Crippen LogP contribution in [-0.2, 0) is 33.6 Å². The second-order valence-corrected chi connectivity index (χ2v) is 13.0. The smallest absolute Gasteiger partial charge is 0.413 e. The van der Waals surface area contributed by atoms with Gasteiger partial charge in [0.2, 0.25) is 0 Å². The average molecular weight is 802 g/mol. The third-order valence-corrected chi connectivity index (χ3v) is 8.50. The van der Waals surface area contributed by atoms with Gasteiger partial charge in [-0.25, -0.2) is 28.8 Å². The van der Waals surface area contributed by atoms with E-state index in [2.05, 4.69) is 16.0 Å². The van der Waals surface area contributed by atoms with Crippen LogP contribution in [0.15, 0.2) is 133 Å². The lowest BCUT2D eigenvalue weighted by Gasteiger charge is -2.16. The fourth-order valence-electron chi connectivity index (χ4n) is 5.63. The van der Waals surface area contributed by atoms with Crippen molar-refractivity contribution in [1.82, 2.24) is 16.0 Å². The molecule has 0 aliphatic rings. The Morgan fingerprint density at radius 2 is 0.746 bits per heavy atom. The Hall–Kier alpha value is -7.94. The maximum atomic E-state index is 12.9. The molecule has 3 amide bonds. The molecule has 0 fully saturated rings. The lowest BCUT2D eigenvalue weighted by molar-refractivity contribution is -0.140. The highest BCUT2D eigenvalue weighted by molar-refractivity contribution is 5.83. The molecule has 15 heteroatoms. The zero-order valence-electron chi connectivity index (χ0n) is 31.2. The van der Waals surface area contributed by atoms with Crippen LogP contribution >= 0.6 is 0 Å². The molecule has 0 spiro atoms. The first-order valence-corrected chi connectivity index (χ1v) is 18.1. The van der Waals surface area contributed by atoms with Gasteiger partial charge in [-0.15, -0.1) is 0 Å². The number of carbonyl (C=O) groups excluding carboxylic acids is 3. The van der Waals surface area contributed by atoms with Crippen LogP contribution in [0.25, 0.3) is 12.2 Å². The van der Waals surface area contributed by atoms with Crippen molar-refractivity contribution in [2.24, 2.45) is 0 Å². The standard InChI is InChI=1S/C44H39N3O12/c48-39(49)36(24-29-10-4-1-5-11-29)45-42(54)57-33-20-18-28(19-21-33)16-17-32-22-34(58-43(55)46-37(40(50)51)25-30-12-6-2-7-13-30)27-35(23-32)59-44(56)47-38(41(52)53)26-31-14-8-3-9-15-31/h1-23,27,36-38H,24-26H2,(H,45,54)(H,46,55)(H,47,56)(H,48,49)(H,50,51)(H,52,53)/b17-16+. The minimum atomic E-state index is -1.34. The molecule has 0 heterocycles. The highest BCUT2D eigenvalue weighted by Gasteiger charge is 2.24. The van der Waals surface area contributed by atoms with E-state index in [4.69, 9.17) is 14.2 Å². The molecule has 0 aliphatic carbocycles. The Kier molecular flexibility index (Phi) is 14.9. The summed E-state index contributed by atoms with van der Waals surface area (Å²) < 4.78 is 16.1. The van der Waals surface area contributed by atoms with E-state index in [1.165, 1.54) is 30.3 Å². The molecular weight excluding hydrogens is 762 g/mol. The first-order valence-electron chi connectivity index (χ1n) is 18.1. The average Bonchev–Trinajstić information content (AvgIpc) is 3.21. The number of aliphatic carboxylic acids is 3. The topological polar surface area (TPSA) is 227 Å². The van der Waals surface area contributed by atoms with Gasteiger partial charge in [-0.3, -0.25) is 0 Å². The second kappa shape index (κ2) is 20.8. The Balaban J connectivity index is 1.29. The van der Waals surface area contributed by atoms with Crippen molar-refractivity contribution in [2.45, 2.75) is 37.4 Å². The molecule has 5 aromatic rings. The number of amides is 3. The van der Waals surface area contributed by atoms with Crippen molar-refractivity contribution >= 4 is 48.3 Å². The maximum Gasteiger partial charge on any atom is 0.413 e. The predicted molar refractivity (Wildman–Crippen MR) is 214 cm³/mol. The van der Waals surface area contributed by atoms with Gasteiger partial charge in [0.05, 0.1) is 0 Å². The first-order chi connectivity index (χ1) is 28.4. The van der Waals surface area contributed by atoms with Gasteiger partial charge >= 0.3 is 36.2 Å². The molecule has 0 saturated heterocycles. The monoisotopic (exact) mass is 801 g/mol. The Labute approximate surface area is 337 Å². The second-order valence-electron chi connectivity index (χ2n) is 13.0. The number of hydrogen-bond acceptors (Lipinski definition) is 9. The normalized spacial score (nSPS) is 12.3. The van der Waals surface area contributed by atoms with Crippen LogP contribution in [0.5, 0.6) is 17.2 Å². The lowest BCUT2D eigenvalue weighted by atomic mass is 10.1. The summed E-state index contributed by atoms with van der Waals surface area (Å²) in [4.78, 5) is 74.1. The van der Waals surface area contributed by atoms with Crippen molar-refractivity contribution in [3.8, 4) is 17.2 Å². The maximum absolute atomic E-state index is 12.9. The zero-order chi connectivity index (χ0) is 42.1. The predicted octanol–water partition coefficient (Wildman–Crippen LogP) is 6.21. The van der Waals surface area contributed by atoms with Crippen molar-refractivity contribution in [2.75, 3.05) is 0 Å². The summed E-state index contributed by atoms with van der Waals surface area (Å²) in [7, 11) is 0. The molecule has 15 nitrogen and oxygen atoms in total. The largest absolute Gasteiger partial charge is 0.480 e. The highest BCUT2D eigenvalue weighted by atomic mass is 16.6. The number of hydrogen-bond donors (Lipinski definition) is 6. The summed E-state index contributed by atoms with van der Waals surface area (Å²) in [5.74, 6) is -3.97. The fourth-order valence-corrected chi connectivity index (χ4v) is 5.63. The van der Waals surface area contributed by atoms with Crippen molar-refractivity contribution < 1.29 is 58.3 Å². The number of nitrogens with one attached hydrogen (secondary N) is 3. The van der Waals surface area contributed by atoms with Crippen LogP contribution in [0.4, 0.5) is 14.4 Å². The van der Waals surface area contributed by atoms with Crippen LogP contribution in [0, 0.1) is 0 Å². The lowest BCUT2D eigenvalue weighted by Crippen LogP contribution is -2.43. The summed E-state index contributed by atoms with van der Waals surface area (Å²) in [5, 5.41) is 36.1. The quantitative estimate of drug-likeness (QED) is 0.0577. The van der Waals surface area contributed by atoms with Crippen LogP contribution < -0.4 is 30.2 Å². The number of ether oxygens (including phenoxy) is 3. The first kappa shape index (κ1) is 42.2. The fraction of sp³-hybridized carbons (Fsp3) is 0.136. The van der Waals surface area contributed by atoms with E-state index >= 15 is 0 Å². The third kappa shape index (κ3) is 13.9. The van der Waals surface area contributed by atoms with Gasteiger partial charge in [-0.2, -0.15) is 0 Å². The Morgan fingerprint density at radius 3 is 1.08 bits per heavy atom. The summed E-state index contributed by atoms with van der Waals surface area (Å²) in [6, 6.07) is 32.4. The minimum absolute atomic E-state index is 0.0259. The van der Waals surface area contributed by atoms with E-state index in [9.17, 15) is 44.1 Å². The molecule has 0 bridgehead atoms. The van der Waals surface area contributed by atoms with E-state index in [1.54, 1.807) is 115 Å². The highest BCUT2D eigenvalue weighted by Crippen LogP contribution is 2.26. The summed E-state index contributed by atoms with van der Waals surface area (Å²) in [5.41, 5.74) is 2.98. The van der Waals surface area contributed by atoms with Gasteiger partial charge in [-0.1, -0.05) is 115 Å². The number of benzene rings is 5. The van der Waals surface area contributed by atoms with E-state index in [1.807, 2.05) is 0 Å². The van der Waals surface area contributed by atoms with E-state index < -0.39 is 54.3 Å². The SMILES string of the molecule is O=C(NC(Cc1ccccc1)C(=O)O)Oc1ccc(/C=C/c2cc(OC(=O)NC(Cc3ccccc3)C(=O)O)cc(OC(=O)NC(Cc3ccccc3)C(=O)O)c2)cc1.